The molecule has 3 aromatic rings. The first kappa shape index (κ1) is 18.7. The number of carbonyl (C=O) groups excluding carboxylic acids is 1. The molecule has 27 heavy (non-hydrogen) atoms. The minimum Gasteiger partial charge on any atom is -0.481 e. The third kappa shape index (κ3) is 4.37. The fourth-order valence-corrected chi connectivity index (χ4v) is 2.88. The summed E-state index contributed by atoms with van der Waals surface area (Å²) in [7, 11) is 0. The van der Waals surface area contributed by atoms with Crippen molar-refractivity contribution in [2.24, 2.45) is 0 Å². The molecule has 1 atom stereocenters. The Bertz CT molecular complexity index is 882. The molecule has 0 unspecified atom stereocenters. The van der Waals surface area contributed by atoms with Gasteiger partial charge in [-0.25, -0.2) is 0 Å². The fourth-order valence-electron chi connectivity index (χ4n) is 2.88. The van der Waals surface area contributed by atoms with Crippen molar-refractivity contribution in [3.8, 4) is 5.75 Å². The summed E-state index contributed by atoms with van der Waals surface area (Å²) in [5, 5.41) is 4.00. The van der Waals surface area contributed by atoms with E-state index in [9.17, 15) is 4.79 Å². The Kier molecular flexibility index (Phi) is 5.60. The zero-order valence-corrected chi connectivity index (χ0v) is 16.1. The van der Waals surface area contributed by atoms with Gasteiger partial charge in [0, 0.05) is 11.3 Å². The van der Waals surface area contributed by atoms with Crippen LogP contribution in [0, 0.1) is 20.8 Å². The lowest BCUT2D eigenvalue weighted by Gasteiger charge is -2.26. The molecule has 3 rings (SSSR count). The van der Waals surface area contributed by atoms with E-state index in [1.54, 1.807) is 11.8 Å². The first-order valence-corrected chi connectivity index (χ1v) is 8.97. The third-order valence-corrected chi connectivity index (χ3v) is 4.51. The molecule has 140 valence electrons. The highest BCUT2D eigenvalue weighted by molar-refractivity contribution is 5.96. The monoisotopic (exact) mass is 364 g/mol. The van der Waals surface area contributed by atoms with Crippen LogP contribution in [-0.4, -0.2) is 17.2 Å². The molecule has 0 aliphatic rings. The van der Waals surface area contributed by atoms with Gasteiger partial charge < -0.3 is 14.2 Å². The zero-order valence-electron chi connectivity index (χ0n) is 16.1. The maximum Gasteiger partial charge on any atom is 0.268 e. The van der Waals surface area contributed by atoms with Gasteiger partial charge >= 0.3 is 0 Å². The Labute approximate surface area is 159 Å². The van der Waals surface area contributed by atoms with E-state index in [0.717, 1.165) is 22.5 Å². The first-order valence-electron chi connectivity index (χ1n) is 8.97. The van der Waals surface area contributed by atoms with Crippen LogP contribution in [0.5, 0.6) is 5.75 Å². The lowest BCUT2D eigenvalue weighted by atomic mass is 10.1. The Balaban J connectivity index is 1.85. The van der Waals surface area contributed by atoms with Gasteiger partial charge in [0.05, 0.1) is 12.2 Å². The summed E-state index contributed by atoms with van der Waals surface area (Å²) < 4.78 is 11.1. The van der Waals surface area contributed by atoms with Crippen LogP contribution in [0.4, 0.5) is 5.69 Å². The van der Waals surface area contributed by atoms with Crippen molar-refractivity contribution in [3.63, 3.8) is 0 Å². The molecule has 0 saturated heterocycles. The van der Waals surface area contributed by atoms with E-state index in [2.05, 4.69) is 5.16 Å². The van der Waals surface area contributed by atoms with E-state index in [1.165, 1.54) is 0 Å². The normalized spacial score (nSPS) is 11.9. The van der Waals surface area contributed by atoms with Crippen molar-refractivity contribution in [2.45, 2.75) is 40.3 Å². The molecule has 1 aromatic heterocycles. The van der Waals surface area contributed by atoms with E-state index < -0.39 is 6.10 Å². The van der Waals surface area contributed by atoms with Crippen LogP contribution in [0.25, 0.3) is 0 Å². The molecule has 0 N–H and O–H groups in total. The molecule has 1 heterocycles. The number of carbonyl (C=O) groups is 1. The molecule has 2 aromatic carbocycles. The number of nitrogens with zero attached hydrogens (tertiary/aromatic N) is 2. The van der Waals surface area contributed by atoms with Crippen LogP contribution >= 0.6 is 0 Å². The van der Waals surface area contributed by atoms with Crippen LogP contribution in [-0.2, 0) is 11.3 Å². The van der Waals surface area contributed by atoms with Gasteiger partial charge in [-0.3, -0.25) is 4.79 Å². The quantitative estimate of drug-likeness (QED) is 0.641. The molecule has 0 aliphatic heterocycles. The summed E-state index contributed by atoms with van der Waals surface area (Å²) in [6, 6.07) is 17.2. The summed E-state index contributed by atoms with van der Waals surface area (Å²) in [6.07, 6.45) is -0.631. The summed E-state index contributed by atoms with van der Waals surface area (Å²) in [6.45, 7) is 7.90. The van der Waals surface area contributed by atoms with Crippen LogP contribution in [0.3, 0.4) is 0 Å². The molecule has 0 spiro atoms. The second-order valence-electron chi connectivity index (χ2n) is 6.64. The predicted octanol–water partition coefficient (Wildman–Crippen LogP) is 4.60. The largest absolute Gasteiger partial charge is 0.481 e. The maximum absolute atomic E-state index is 13.2. The van der Waals surface area contributed by atoms with Crippen LogP contribution in [0.2, 0.25) is 0 Å². The molecule has 0 fully saturated rings. The van der Waals surface area contributed by atoms with Crippen molar-refractivity contribution in [3.05, 3.63) is 77.2 Å². The number of rotatable bonds is 6. The average Bonchev–Trinajstić information content (AvgIpc) is 2.99. The van der Waals surface area contributed by atoms with Crippen molar-refractivity contribution in [1.29, 1.82) is 0 Å². The van der Waals surface area contributed by atoms with Crippen molar-refractivity contribution in [2.75, 3.05) is 4.90 Å². The maximum atomic E-state index is 13.2. The standard InChI is InChI=1S/C22H24N2O3/c1-15-10-12-20(13-11-15)26-18(4)22(25)24(19-8-6-5-7-9-19)14-21-16(2)23-27-17(21)3/h5-13,18H,14H2,1-4H3/t18-/m0/s1. The third-order valence-electron chi connectivity index (χ3n) is 4.51. The summed E-state index contributed by atoms with van der Waals surface area (Å²) in [5.74, 6) is 1.27. The van der Waals surface area contributed by atoms with Gasteiger partial charge in [0.25, 0.3) is 5.91 Å². The van der Waals surface area contributed by atoms with Crippen molar-refractivity contribution in [1.82, 2.24) is 5.16 Å². The number of anilines is 1. The second kappa shape index (κ2) is 8.08. The van der Waals surface area contributed by atoms with E-state index in [1.807, 2.05) is 75.4 Å². The number of para-hydroxylation sites is 1. The van der Waals surface area contributed by atoms with Gasteiger partial charge in [-0.05, 0) is 52.0 Å². The molecule has 1 amide bonds. The van der Waals surface area contributed by atoms with Crippen LogP contribution in [0.1, 0.15) is 29.5 Å². The average molecular weight is 364 g/mol. The molecule has 0 saturated carbocycles. The van der Waals surface area contributed by atoms with Gasteiger partial charge in [-0.2, -0.15) is 0 Å². The van der Waals surface area contributed by atoms with Crippen LogP contribution < -0.4 is 9.64 Å². The SMILES string of the molecule is Cc1ccc(O[C@@H](C)C(=O)N(Cc2c(C)noc2C)c2ccccc2)cc1. The number of benzene rings is 2. The smallest absolute Gasteiger partial charge is 0.268 e. The molecule has 0 aliphatic carbocycles. The first-order chi connectivity index (χ1) is 13.0. The second-order valence-corrected chi connectivity index (χ2v) is 6.64. The molecular weight excluding hydrogens is 340 g/mol. The van der Waals surface area contributed by atoms with Gasteiger partial charge in [0.2, 0.25) is 0 Å². The van der Waals surface area contributed by atoms with E-state index in [4.69, 9.17) is 9.26 Å². The topological polar surface area (TPSA) is 55.6 Å². The number of hydrogen-bond acceptors (Lipinski definition) is 4. The number of hydrogen-bond donors (Lipinski definition) is 0. The lowest BCUT2D eigenvalue weighted by molar-refractivity contribution is -0.124. The zero-order chi connectivity index (χ0) is 19.4. The Morgan fingerprint density at radius 2 is 1.74 bits per heavy atom. The van der Waals surface area contributed by atoms with E-state index >= 15 is 0 Å². The molecule has 5 heteroatoms. The molecular formula is C22H24N2O3. The fraction of sp³-hybridized carbons (Fsp3) is 0.273. The Morgan fingerprint density at radius 1 is 1.07 bits per heavy atom. The van der Waals surface area contributed by atoms with E-state index in [0.29, 0.717) is 18.1 Å². The highest BCUT2D eigenvalue weighted by Gasteiger charge is 2.26. The van der Waals surface area contributed by atoms with Gasteiger partial charge in [-0.1, -0.05) is 41.1 Å². The lowest BCUT2D eigenvalue weighted by Crippen LogP contribution is -2.40. The minimum absolute atomic E-state index is 0.123. The summed E-state index contributed by atoms with van der Waals surface area (Å²) in [4.78, 5) is 14.9. The molecule has 0 radical (unpaired) electrons. The highest BCUT2D eigenvalue weighted by Crippen LogP contribution is 2.23. The number of ether oxygens (including phenoxy) is 1. The number of aryl methyl sites for hydroxylation is 3. The molecule has 5 nitrogen and oxygen atoms in total. The number of amides is 1. The minimum atomic E-state index is -0.631. The number of aromatic nitrogens is 1. The Morgan fingerprint density at radius 3 is 2.33 bits per heavy atom. The van der Waals surface area contributed by atoms with Gasteiger partial charge in [0.1, 0.15) is 11.5 Å². The summed E-state index contributed by atoms with van der Waals surface area (Å²) >= 11 is 0. The molecule has 0 bridgehead atoms. The van der Waals surface area contributed by atoms with Crippen molar-refractivity contribution >= 4 is 11.6 Å². The van der Waals surface area contributed by atoms with E-state index in [-0.39, 0.29) is 5.91 Å². The Hall–Kier alpha value is -3.08. The highest BCUT2D eigenvalue weighted by atomic mass is 16.5. The predicted molar refractivity (Wildman–Crippen MR) is 105 cm³/mol. The van der Waals surface area contributed by atoms with Crippen LogP contribution in [0.15, 0.2) is 59.1 Å². The van der Waals surface area contributed by atoms with Gasteiger partial charge in [-0.15, -0.1) is 0 Å². The van der Waals surface area contributed by atoms with Gasteiger partial charge in [0.15, 0.2) is 6.10 Å². The van der Waals surface area contributed by atoms with Crippen molar-refractivity contribution < 1.29 is 14.1 Å². The summed E-state index contributed by atoms with van der Waals surface area (Å²) in [5.41, 5.74) is 3.65.